The number of nitrogens with zero attached hydrogens (tertiary/aromatic N) is 1. The van der Waals surface area contributed by atoms with Crippen LogP contribution in [0, 0.1) is 5.92 Å². The van der Waals surface area contributed by atoms with E-state index in [-0.39, 0.29) is 11.9 Å². The summed E-state index contributed by atoms with van der Waals surface area (Å²) in [5.74, 6) is 0.948. The quantitative estimate of drug-likeness (QED) is 0.784. The summed E-state index contributed by atoms with van der Waals surface area (Å²) in [6.07, 6.45) is 5.76. The summed E-state index contributed by atoms with van der Waals surface area (Å²) in [5.41, 5.74) is 1.44. The Morgan fingerprint density at radius 2 is 1.95 bits per heavy atom. The predicted molar refractivity (Wildman–Crippen MR) is 91.8 cm³/mol. The first-order valence-electron chi connectivity index (χ1n) is 8.76. The number of rotatable bonds is 7. The molecular formula is C19H30N2O. The van der Waals surface area contributed by atoms with Gasteiger partial charge in [-0.2, -0.15) is 0 Å². The van der Waals surface area contributed by atoms with Gasteiger partial charge in [0.2, 0.25) is 5.91 Å². The van der Waals surface area contributed by atoms with E-state index < -0.39 is 0 Å². The highest BCUT2D eigenvalue weighted by Crippen LogP contribution is 2.22. The van der Waals surface area contributed by atoms with E-state index in [0.29, 0.717) is 0 Å². The van der Waals surface area contributed by atoms with Crippen LogP contribution >= 0.6 is 0 Å². The lowest BCUT2D eigenvalue weighted by atomic mass is 9.89. The van der Waals surface area contributed by atoms with E-state index >= 15 is 0 Å². The molecule has 22 heavy (non-hydrogen) atoms. The zero-order valence-electron chi connectivity index (χ0n) is 14.1. The molecule has 0 saturated carbocycles. The summed E-state index contributed by atoms with van der Waals surface area (Å²) in [4.78, 5) is 14.5. The van der Waals surface area contributed by atoms with E-state index in [2.05, 4.69) is 47.5 Å². The highest BCUT2D eigenvalue weighted by Gasteiger charge is 2.26. The van der Waals surface area contributed by atoms with Crippen LogP contribution in [-0.2, 0) is 11.2 Å². The average Bonchev–Trinajstić information content (AvgIpc) is 2.56. The maximum Gasteiger partial charge on any atom is 0.237 e. The summed E-state index contributed by atoms with van der Waals surface area (Å²) in [7, 11) is 0. The maximum absolute atomic E-state index is 12.1. The van der Waals surface area contributed by atoms with Gasteiger partial charge >= 0.3 is 0 Å². The standard InChI is InChI=1S/C19H30N2O/c1-3-4-12-20-19(22)16(2)21-13-10-18(11-14-21)15-17-8-6-5-7-9-17/h5-9,16,18H,3-4,10-15H2,1-2H3,(H,20,22). The number of hydrogen-bond acceptors (Lipinski definition) is 2. The molecule has 1 aliphatic heterocycles. The second-order valence-corrected chi connectivity index (χ2v) is 6.49. The van der Waals surface area contributed by atoms with E-state index in [0.717, 1.165) is 38.4 Å². The topological polar surface area (TPSA) is 32.3 Å². The third kappa shape index (κ3) is 5.13. The lowest BCUT2D eigenvalue weighted by Crippen LogP contribution is -2.48. The first-order valence-corrected chi connectivity index (χ1v) is 8.76. The number of carbonyl (C=O) groups is 1. The van der Waals surface area contributed by atoms with Crippen molar-refractivity contribution in [3.63, 3.8) is 0 Å². The van der Waals surface area contributed by atoms with Gasteiger partial charge in [0.15, 0.2) is 0 Å². The molecule has 1 atom stereocenters. The van der Waals surface area contributed by atoms with Crippen LogP contribution in [0.3, 0.4) is 0 Å². The SMILES string of the molecule is CCCCNC(=O)C(C)N1CCC(Cc2ccccc2)CC1. The van der Waals surface area contributed by atoms with Gasteiger partial charge in [-0.15, -0.1) is 0 Å². The second-order valence-electron chi connectivity index (χ2n) is 6.49. The molecule has 1 fully saturated rings. The van der Waals surface area contributed by atoms with Crippen LogP contribution in [0.25, 0.3) is 0 Å². The minimum atomic E-state index is 0.00883. The lowest BCUT2D eigenvalue weighted by Gasteiger charge is -2.35. The highest BCUT2D eigenvalue weighted by atomic mass is 16.2. The fourth-order valence-electron chi connectivity index (χ4n) is 3.19. The molecule has 1 saturated heterocycles. The molecule has 1 aliphatic rings. The Bertz CT molecular complexity index is 438. The van der Waals surface area contributed by atoms with Crippen LogP contribution in [0.15, 0.2) is 30.3 Å². The summed E-state index contributed by atoms with van der Waals surface area (Å²) < 4.78 is 0. The summed E-state index contributed by atoms with van der Waals surface area (Å²) in [6, 6.07) is 10.8. The fourth-order valence-corrected chi connectivity index (χ4v) is 3.19. The number of unbranched alkanes of at least 4 members (excludes halogenated alkanes) is 1. The Morgan fingerprint density at radius 1 is 1.27 bits per heavy atom. The van der Waals surface area contributed by atoms with Gasteiger partial charge in [-0.3, -0.25) is 9.69 Å². The normalized spacial score (nSPS) is 18.1. The van der Waals surface area contributed by atoms with Crippen molar-refractivity contribution in [1.82, 2.24) is 10.2 Å². The van der Waals surface area contributed by atoms with Crippen LogP contribution in [0.4, 0.5) is 0 Å². The van der Waals surface area contributed by atoms with Crippen molar-refractivity contribution in [2.75, 3.05) is 19.6 Å². The molecule has 0 radical (unpaired) electrons. The molecule has 3 heteroatoms. The number of likely N-dealkylation sites (tertiary alicyclic amines) is 1. The van der Waals surface area contributed by atoms with Crippen LogP contribution < -0.4 is 5.32 Å². The molecule has 0 bridgehead atoms. The van der Waals surface area contributed by atoms with E-state index in [1.807, 2.05) is 6.92 Å². The van der Waals surface area contributed by atoms with Gasteiger partial charge in [-0.1, -0.05) is 43.7 Å². The summed E-state index contributed by atoms with van der Waals surface area (Å²) in [5, 5.41) is 3.05. The molecule has 1 aromatic carbocycles. The van der Waals surface area contributed by atoms with Crippen LogP contribution in [0.2, 0.25) is 0 Å². The predicted octanol–water partition coefficient (Wildman–Crippen LogP) is 3.25. The molecule has 0 spiro atoms. The third-order valence-corrected chi connectivity index (χ3v) is 4.77. The average molecular weight is 302 g/mol. The van der Waals surface area contributed by atoms with Gasteiger partial charge in [-0.25, -0.2) is 0 Å². The molecule has 1 N–H and O–H groups in total. The van der Waals surface area contributed by atoms with E-state index in [9.17, 15) is 4.79 Å². The van der Waals surface area contributed by atoms with Gasteiger partial charge in [0, 0.05) is 6.54 Å². The number of amides is 1. The minimum Gasteiger partial charge on any atom is -0.355 e. The summed E-state index contributed by atoms with van der Waals surface area (Å²) >= 11 is 0. The van der Waals surface area contributed by atoms with Gasteiger partial charge in [-0.05, 0) is 57.2 Å². The van der Waals surface area contributed by atoms with Gasteiger partial charge in [0.05, 0.1) is 6.04 Å². The van der Waals surface area contributed by atoms with Gasteiger partial charge in [0.1, 0.15) is 0 Å². The van der Waals surface area contributed by atoms with Crippen LogP contribution in [0.1, 0.15) is 45.1 Å². The lowest BCUT2D eigenvalue weighted by molar-refractivity contribution is -0.126. The number of benzene rings is 1. The smallest absolute Gasteiger partial charge is 0.237 e. The van der Waals surface area contributed by atoms with Crippen molar-refractivity contribution >= 4 is 5.91 Å². The zero-order valence-corrected chi connectivity index (χ0v) is 14.1. The van der Waals surface area contributed by atoms with Crippen molar-refractivity contribution in [3.8, 4) is 0 Å². The van der Waals surface area contributed by atoms with Gasteiger partial charge in [0.25, 0.3) is 0 Å². The molecule has 0 aromatic heterocycles. The first-order chi connectivity index (χ1) is 10.7. The number of piperidine rings is 1. The largest absolute Gasteiger partial charge is 0.355 e. The third-order valence-electron chi connectivity index (χ3n) is 4.77. The fraction of sp³-hybridized carbons (Fsp3) is 0.632. The van der Waals surface area contributed by atoms with E-state index in [1.54, 1.807) is 0 Å². The van der Waals surface area contributed by atoms with Crippen molar-refractivity contribution < 1.29 is 4.79 Å². The molecule has 2 rings (SSSR count). The van der Waals surface area contributed by atoms with Crippen molar-refractivity contribution in [2.24, 2.45) is 5.92 Å². The first kappa shape index (κ1) is 17.0. The van der Waals surface area contributed by atoms with Gasteiger partial charge < -0.3 is 5.32 Å². The molecule has 1 amide bonds. The number of hydrogen-bond donors (Lipinski definition) is 1. The molecule has 1 heterocycles. The molecule has 1 unspecified atom stereocenters. The minimum absolute atomic E-state index is 0.00883. The van der Waals surface area contributed by atoms with Crippen molar-refractivity contribution in [3.05, 3.63) is 35.9 Å². The highest BCUT2D eigenvalue weighted by molar-refractivity contribution is 5.81. The Labute approximate surface area is 135 Å². The molecule has 3 nitrogen and oxygen atoms in total. The molecule has 1 aromatic rings. The molecular weight excluding hydrogens is 272 g/mol. The summed E-state index contributed by atoms with van der Waals surface area (Å²) in [6.45, 7) is 7.08. The monoisotopic (exact) mass is 302 g/mol. The van der Waals surface area contributed by atoms with E-state index in [1.165, 1.54) is 24.8 Å². The Morgan fingerprint density at radius 3 is 2.59 bits per heavy atom. The van der Waals surface area contributed by atoms with Crippen LogP contribution in [0.5, 0.6) is 0 Å². The van der Waals surface area contributed by atoms with Crippen molar-refractivity contribution in [1.29, 1.82) is 0 Å². The van der Waals surface area contributed by atoms with E-state index in [4.69, 9.17) is 0 Å². The van der Waals surface area contributed by atoms with Crippen molar-refractivity contribution in [2.45, 2.75) is 52.0 Å². The zero-order chi connectivity index (χ0) is 15.8. The molecule has 0 aliphatic carbocycles. The maximum atomic E-state index is 12.1. The second kappa shape index (κ2) is 8.94. The Hall–Kier alpha value is -1.35. The Balaban J connectivity index is 1.73. The molecule has 122 valence electrons. The Kier molecular flexibility index (Phi) is 6.91. The number of carbonyl (C=O) groups excluding carboxylic acids is 1. The van der Waals surface area contributed by atoms with Crippen LogP contribution in [-0.4, -0.2) is 36.5 Å². The number of nitrogens with one attached hydrogen (secondary N) is 1.